The first-order valence-electron chi connectivity index (χ1n) is 5.73. The van der Waals surface area contributed by atoms with Crippen LogP contribution in [0.5, 0.6) is 0 Å². The molecule has 5 heteroatoms. The normalized spacial score (nSPS) is 17.2. The van der Waals surface area contributed by atoms with Crippen molar-refractivity contribution in [2.75, 3.05) is 13.2 Å². The van der Waals surface area contributed by atoms with E-state index in [9.17, 15) is 0 Å². The van der Waals surface area contributed by atoms with E-state index in [1.165, 1.54) is 5.69 Å². The van der Waals surface area contributed by atoms with Crippen LogP contribution in [0.1, 0.15) is 24.5 Å². The maximum atomic E-state index is 5.37. The van der Waals surface area contributed by atoms with Crippen molar-refractivity contribution in [3.8, 4) is 10.7 Å². The Hall–Kier alpha value is -1.33. The van der Waals surface area contributed by atoms with Gasteiger partial charge in [0.25, 0.3) is 0 Å². The second kappa shape index (κ2) is 4.89. The lowest BCUT2D eigenvalue weighted by Gasteiger charge is -2.19. The first kappa shape index (κ1) is 10.8. The van der Waals surface area contributed by atoms with E-state index >= 15 is 0 Å². The summed E-state index contributed by atoms with van der Waals surface area (Å²) in [6, 6.07) is 0. The van der Waals surface area contributed by atoms with E-state index in [2.05, 4.69) is 20.3 Å². The molecule has 0 aliphatic carbocycles. The molecule has 0 saturated carbocycles. The molecule has 1 saturated heterocycles. The van der Waals surface area contributed by atoms with Crippen LogP contribution in [0.3, 0.4) is 0 Å². The van der Waals surface area contributed by atoms with E-state index < -0.39 is 0 Å². The van der Waals surface area contributed by atoms with Crippen LogP contribution >= 0.6 is 11.3 Å². The Kier molecular flexibility index (Phi) is 3.11. The predicted molar refractivity (Wildman–Crippen MR) is 65.9 cm³/mol. The Balaban J connectivity index is 1.83. The number of aromatic nitrogens is 3. The SMILES string of the molecule is c1cnc(-c2nc(C3CCOCC3)cs2)cn1. The van der Waals surface area contributed by atoms with Crippen molar-refractivity contribution in [2.24, 2.45) is 0 Å². The fourth-order valence-electron chi connectivity index (χ4n) is 1.99. The third kappa shape index (κ3) is 2.35. The first-order valence-corrected chi connectivity index (χ1v) is 6.61. The summed E-state index contributed by atoms with van der Waals surface area (Å²) in [5, 5.41) is 3.10. The molecule has 0 radical (unpaired) electrons. The topological polar surface area (TPSA) is 47.9 Å². The molecule has 1 fully saturated rings. The molecule has 88 valence electrons. The van der Waals surface area contributed by atoms with Gasteiger partial charge in [-0.15, -0.1) is 11.3 Å². The Bertz CT molecular complexity index is 480. The molecule has 4 nitrogen and oxygen atoms in total. The highest BCUT2D eigenvalue weighted by Gasteiger charge is 2.19. The molecule has 2 aromatic rings. The van der Waals surface area contributed by atoms with Crippen LogP contribution in [0.2, 0.25) is 0 Å². The fourth-order valence-corrected chi connectivity index (χ4v) is 2.86. The molecule has 0 N–H and O–H groups in total. The number of nitrogens with zero attached hydrogens (tertiary/aromatic N) is 3. The molecule has 3 rings (SSSR count). The zero-order valence-corrected chi connectivity index (χ0v) is 10.2. The average Bonchev–Trinajstić information content (AvgIpc) is 2.90. The van der Waals surface area contributed by atoms with Gasteiger partial charge in [-0.3, -0.25) is 9.97 Å². The molecular weight excluding hydrogens is 234 g/mol. The maximum absolute atomic E-state index is 5.37. The van der Waals surface area contributed by atoms with Gasteiger partial charge in [-0.05, 0) is 12.8 Å². The monoisotopic (exact) mass is 247 g/mol. The Morgan fingerprint density at radius 2 is 2.12 bits per heavy atom. The predicted octanol–water partition coefficient (Wildman–Crippen LogP) is 2.49. The second-order valence-electron chi connectivity index (χ2n) is 4.05. The van der Waals surface area contributed by atoms with Gasteiger partial charge in [-0.1, -0.05) is 0 Å². The summed E-state index contributed by atoms with van der Waals surface area (Å²) in [4.78, 5) is 13.0. The second-order valence-corrected chi connectivity index (χ2v) is 4.91. The molecule has 0 bridgehead atoms. The zero-order valence-electron chi connectivity index (χ0n) is 9.37. The van der Waals surface area contributed by atoms with Gasteiger partial charge in [0.15, 0.2) is 0 Å². The third-order valence-electron chi connectivity index (χ3n) is 2.94. The Labute approximate surface area is 104 Å². The summed E-state index contributed by atoms with van der Waals surface area (Å²) in [5.74, 6) is 0.547. The molecule has 1 aliphatic heterocycles. The van der Waals surface area contributed by atoms with Crippen LogP contribution < -0.4 is 0 Å². The molecule has 0 atom stereocenters. The summed E-state index contributed by atoms with van der Waals surface area (Å²) in [6.45, 7) is 1.70. The van der Waals surface area contributed by atoms with Crippen molar-refractivity contribution >= 4 is 11.3 Å². The van der Waals surface area contributed by atoms with E-state index in [0.717, 1.165) is 36.8 Å². The third-order valence-corrected chi connectivity index (χ3v) is 3.83. The van der Waals surface area contributed by atoms with Crippen molar-refractivity contribution in [1.29, 1.82) is 0 Å². The van der Waals surface area contributed by atoms with Crippen LogP contribution in [0.4, 0.5) is 0 Å². The number of hydrogen-bond acceptors (Lipinski definition) is 5. The summed E-state index contributed by atoms with van der Waals surface area (Å²) in [5.41, 5.74) is 2.04. The van der Waals surface area contributed by atoms with Crippen LogP contribution in [-0.4, -0.2) is 28.2 Å². The van der Waals surface area contributed by atoms with Crippen molar-refractivity contribution in [3.05, 3.63) is 29.7 Å². The summed E-state index contributed by atoms with van der Waals surface area (Å²) >= 11 is 1.64. The van der Waals surface area contributed by atoms with Crippen molar-refractivity contribution in [3.63, 3.8) is 0 Å². The highest BCUT2D eigenvalue weighted by Crippen LogP contribution is 2.30. The van der Waals surface area contributed by atoms with Crippen LogP contribution in [0, 0.1) is 0 Å². The van der Waals surface area contributed by atoms with Gasteiger partial charge in [0, 0.05) is 36.9 Å². The van der Waals surface area contributed by atoms with Crippen molar-refractivity contribution in [1.82, 2.24) is 15.0 Å². The lowest BCUT2D eigenvalue weighted by Crippen LogP contribution is -2.14. The highest BCUT2D eigenvalue weighted by molar-refractivity contribution is 7.13. The summed E-state index contributed by atoms with van der Waals surface area (Å²) in [6.07, 6.45) is 7.28. The van der Waals surface area contributed by atoms with E-state index in [-0.39, 0.29) is 0 Å². The summed E-state index contributed by atoms with van der Waals surface area (Å²) in [7, 11) is 0. The molecule has 3 heterocycles. The molecule has 0 unspecified atom stereocenters. The number of hydrogen-bond donors (Lipinski definition) is 0. The van der Waals surface area contributed by atoms with Crippen molar-refractivity contribution in [2.45, 2.75) is 18.8 Å². The van der Waals surface area contributed by atoms with Crippen molar-refractivity contribution < 1.29 is 4.74 Å². The lowest BCUT2D eigenvalue weighted by atomic mass is 9.98. The molecule has 0 spiro atoms. The van der Waals surface area contributed by atoms with Crippen LogP contribution in [-0.2, 0) is 4.74 Å². The number of rotatable bonds is 2. The van der Waals surface area contributed by atoms with Gasteiger partial charge in [-0.2, -0.15) is 0 Å². The Morgan fingerprint density at radius 3 is 2.88 bits per heavy atom. The molecule has 0 aromatic carbocycles. The molecule has 17 heavy (non-hydrogen) atoms. The smallest absolute Gasteiger partial charge is 0.143 e. The molecule has 2 aromatic heterocycles. The minimum atomic E-state index is 0.547. The summed E-state index contributed by atoms with van der Waals surface area (Å²) < 4.78 is 5.37. The number of ether oxygens (including phenoxy) is 1. The van der Waals surface area contributed by atoms with E-state index in [0.29, 0.717) is 5.92 Å². The minimum absolute atomic E-state index is 0.547. The van der Waals surface area contributed by atoms with Gasteiger partial charge in [0.2, 0.25) is 0 Å². The highest BCUT2D eigenvalue weighted by atomic mass is 32.1. The van der Waals surface area contributed by atoms with Gasteiger partial charge in [0.05, 0.1) is 11.9 Å². The van der Waals surface area contributed by atoms with Gasteiger partial charge >= 0.3 is 0 Å². The minimum Gasteiger partial charge on any atom is -0.381 e. The van der Waals surface area contributed by atoms with Crippen LogP contribution in [0.25, 0.3) is 10.7 Å². The van der Waals surface area contributed by atoms with Crippen LogP contribution in [0.15, 0.2) is 24.0 Å². The standard InChI is InChI=1S/C12H13N3OS/c1-5-16-6-2-9(1)11-8-17-12(15-11)10-7-13-3-4-14-10/h3-4,7-9H,1-2,5-6H2. The Morgan fingerprint density at radius 1 is 1.24 bits per heavy atom. The van der Waals surface area contributed by atoms with Gasteiger partial charge in [0.1, 0.15) is 10.7 Å². The molecular formula is C12H13N3OS. The lowest BCUT2D eigenvalue weighted by molar-refractivity contribution is 0.0846. The largest absolute Gasteiger partial charge is 0.381 e. The molecule has 1 aliphatic rings. The molecule has 0 amide bonds. The van der Waals surface area contributed by atoms with Gasteiger partial charge in [-0.25, -0.2) is 4.98 Å². The number of thiazole rings is 1. The zero-order chi connectivity index (χ0) is 11.5. The maximum Gasteiger partial charge on any atom is 0.143 e. The van der Waals surface area contributed by atoms with E-state index in [4.69, 9.17) is 4.74 Å². The first-order chi connectivity index (χ1) is 8.43. The van der Waals surface area contributed by atoms with E-state index in [1.807, 2.05) is 0 Å². The fraction of sp³-hybridized carbons (Fsp3) is 0.417. The quantitative estimate of drug-likeness (QED) is 0.818. The van der Waals surface area contributed by atoms with E-state index in [1.54, 1.807) is 29.9 Å². The average molecular weight is 247 g/mol. The van der Waals surface area contributed by atoms with Gasteiger partial charge < -0.3 is 4.74 Å².